The Kier molecular flexibility index (Phi) is 6.36. The lowest BCUT2D eigenvalue weighted by molar-refractivity contribution is -0.127. The molecule has 7 nitrogen and oxygen atoms in total. The summed E-state index contributed by atoms with van der Waals surface area (Å²) in [6.07, 6.45) is 5.36. The van der Waals surface area contributed by atoms with Crippen LogP contribution in [0.1, 0.15) is 46.7 Å². The van der Waals surface area contributed by atoms with E-state index in [1.165, 1.54) is 0 Å². The van der Waals surface area contributed by atoms with Gasteiger partial charge in [-0.25, -0.2) is 19.9 Å². The number of carbonyl (C=O) groups is 1. The first-order chi connectivity index (χ1) is 15.0. The number of aryl methyl sites for hydroxylation is 3. The normalized spacial score (nSPS) is 16.6. The zero-order chi connectivity index (χ0) is 21.8. The number of aromatic nitrogens is 4. The van der Waals surface area contributed by atoms with Crippen molar-refractivity contribution in [2.75, 3.05) is 18.4 Å². The van der Waals surface area contributed by atoms with Crippen LogP contribution in [0, 0.1) is 20.8 Å². The maximum atomic E-state index is 12.7. The molecule has 8 heteroatoms. The number of anilines is 2. The number of pyridine rings is 1. The van der Waals surface area contributed by atoms with Crippen molar-refractivity contribution in [3.8, 4) is 0 Å². The molecule has 4 rings (SSSR count). The van der Waals surface area contributed by atoms with Crippen molar-refractivity contribution in [3.05, 3.63) is 63.6 Å². The summed E-state index contributed by atoms with van der Waals surface area (Å²) in [5.74, 6) is 2.38. The van der Waals surface area contributed by atoms with E-state index in [-0.39, 0.29) is 11.8 Å². The van der Waals surface area contributed by atoms with Crippen LogP contribution in [0.15, 0.2) is 35.7 Å². The van der Waals surface area contributed by atoms with Gasteiger partial charge in [0.25, 0.3) is 0 Å². The summed E-state index contributed by atoms with van der Waals surface area (Å²) < 4.78 is 0. The summed E-state index contributed by atoms with van der Waals surface area (Å²) >= 11 is 1.58. The fourth-order valence-electron chi connectivity index (χ4n) is 3.75. The molecule has 160 valence electrons. The first-order valence-electron chi connectivity index (χ1n) is 10.4. The molecular weight excluding hydrogens is 408 g/mol. The first kappa shape index (κ1) is 21.1. The lowest BCUT2D eigenvalue weighted by atomic mass is 9.94. The van der Waals surface area contributed by atoms with E-state index in [0.29, 0.717) is 12.4 Å². The zero-order valence-corrected chi connectivity index (χ0v) is 18.8. The molecule has 1 aliphatic heterocycles. The number of nitrogens with one attached hydrogen (secondary N) is 1. The lowest BCUT2D eigenvalue weighted by Gasteiger charge is -2.32. The van der Waals surface area contributed by atoms with Crippen LogP contribution in [-0.2, 0) is 4.79 Å². The molecule has 31 heavy (non-hydrogen) atoms. The van der Waals surface area contributed by atoms with E-state index < -0.39 is 0 Å². The number of thiazole rings is 1. The summed E-state index contributed by atoms with van der Waals surface area (Å²) in [4.78, 5) is 32.7. The minimum absolute atomic E-state index is 0.0171. The van der Waals surface area contributed by atoms with Crippen molar-refractivity contribution in [1.29, 1.82) is 0 Å². The molecule has 4 heterocycles. The van der Waals surface area contributed by atoms with E-state index in [1.54, 1.807) is 23.5 Å². The number of likely N-dealkylation sites (tertiary alicyclic amines) is 1. The Morgan fingerprint density at radius 1 is 1.16 bits per heavy atom. The van der Waals surface area contributed by atoms with E-state index in [2.05, 4.69) is 25.3 Å². The van der Waals surface area contributed by atoms with Crippen LogP contribution in [-0.4, -0.2) is 43.8 Å². The molecule has 0 spiro atoms. The average molecular weight is 435 g/mol. The standard InChI is InChI=1S/C23H26N6OS/c1-15-6-4-8-21(24-15)28-22-12-20(25-16(2)26-22)18-7-5-11-29(13-18)23(30)10-9-19-14-31-17(3)27-19/h4,6,8-10,12,14,18H,5,7,11,13H2,1-3H3,(H,24,25,26,28)/b10-9+. The molecule has 3 aromatic heterocycles. The van der Waals surface area contributed by atoms with Gasteiger partial charge in [0.1, 0.15) is 17.5 Å². The van der Waals surface area contributed by atoms with Crippen LogP contribution in [0.3, 0.4) is 0 Å². The number of rotatable bonds is 5. The van der Waals surface area contributed by atoms with E-state index in [9.17, 15) is 4.79 Å². The Labute approximate surface area is 186 Å². The summed E-state index contributed by atoms with van der Waals surface area (Å²) in [7, 11) is 0. The molecule has 1 amide bonds. The Balaban J connectivity index is 1.46. The number of carbonyl (C=O) groups excluding carboxylic acids is 1. The van der Waals surface area contributed by atoms with Gasteiger partial charge in [-0.2, -0.15) is 0 Å². The van der Waals surface area contributed by atoms with Gasteiger partial charge >= 0.3 is 0 Å². The number of amides is 1. The number of piperidine rings is 1. The monoisotopic (exact) mass is 434 g/mol. The van der Waals surface area contributed by atoms with Crippen molar-refractivity contribution in [2.45, 2.75) is 39.5 Å². The van der Waals surface area contributed by atoms with Gasteiger partial charge in [0.15, 0.2) is 0 Å². The first-order valence-corrected chi connectivity index (χ1v) is 11.3. The minimum atomic E-state index is 0.0171. The number of hydrogen-bond acceptors (Lipinski definition) is 7. The Bertz CT molecular complexity index is 1110. The molecule has 0 saturated carbocycles. The second-order valence-corrected chi connectivity index (χ2v) is 8.82. The Hall–Kier alpha value is -3.13. The molecule has 0 radical (unpaired) electrons. The Morgan fingerprint density at radius 3 is 2.81 bits per heavy atom. The van der Waals surface area contributed by atoms with Gasteiger partial charge < -0.3 is 10.2 Å². The largest absolute Gasteiger partial charge is 0.338 e. The number of hydrogen-bond donors (Lipinski definition) is 1. The quantitative estimate of drug-likeness (QED) is 0.599. The minimum Gasteiger partial charge on any atom is -0.338 e. The van der Waals surface area contributed by atoms with Crippen LogP contribution in [0.2, 0.25) is 0 Å². The molecule has 0 bridgehead atoms. The average Bonchev–Trinajstić information content (AvgIpc) is 3.17. The van der Waals surface area contributed by atoms with Crippen LogP contribution in [0.4, 0.5) is 11.6 Å². The number of nitrogens with zero attached hydrogens (tertiary/aromatic N) is 5. The van der Waals surface area contributed by atoms with Crippen LogP contribution in [0.25, 0.3) is 6.08 Å². The van der Waals surface area contributed by atoms with Crippen LogP contribution >= 0.6 is 11.3 Å². The summed E-state index contributed by atoms with van der Waals surface area (Å²) in [6.45, 7) is 7.22. The van der Waals surface area contributed by atoms with E-state index in [4.69, 9.17) is 0 Å². The summed E-state index contributed by atoms with van der Waals surface area (Å²) in [6, 6.07) is 7.81. The maximum Gasteiger partial charge on any atom is 0.246 e. The highest BCUT2D eigenvalue weighted by Gasteiger charge is 2.25. The molecule has 3 aromatic rings. The van der Waals surface area contributed by atoms with E-state index in [0.717, 1.165) is 53.1 Å². The van der Waals surface area contributed by atoms with Gasteiger partial charge in [0, 0.05) is 42.2 Å². The third kappa shape index (κ3) is 5.52. The van der Waals surface area contributed by atoms with Crippen LogP contribution < -0.4 is 5.32 Å². The van der Waals surface area contributed by atoms with Crippen molar-refractivity contribution >= 4 is 35.0 Å². The van der Waals surface area contributed by atoms with Crippen molar-refractivity contribution in [1.82, 2.24) is 24.8 Å². The van der Waals surface area contributed by atoms with Crippen molar-refractivity contribution in [3.63, 3.8) is 0 Å². The third-order valence-electron chi connectivity index (χ3n) is 5.19. The topological polar surface area (TPSA) is 83.9 Å². The second-order valence-electron chi connectivity index (χ2n) is 7.76. The SMILES string of the molecule is Cc1cccc(Nc2cc(C3CCCN(C(=O)/C=C/c4csc(C)n4)C3)nc(C)n2)n1. The van der Waals surface area contributed by atoms with Gasteiger partial charge in [0.2, 0.25) is 5.91 Å². The predicted molar refractivity (Wildman–Crippen MR) is 123 cm³/mol. The van der Waals surface area contributed by atoms with Gasteiger partial charge in [-0.15, -0.1) is 11.3 Å². The lowest BCUT2D eigenvalue weighted by Crippen LogP contribution is -2.38. The highest BCUT2D eigenvalue weighted by Crippen LogP contribution is 2.28. The zero-order valence-electron chi connectivity index (χ0n) is 18.0. The van der Waals surface area contributed by atoms with Crippen molar-refractivity contribution in [2.24, 2.45) is 0 Å². The fourth-order valence-corrected chi connectivity index (χ4v) is 4.33. The van der Waals surface area contributed by atoms with Gasteiger partial charge in [-0.05, 0) is 51.8 Å². The molecule has 1 unspecified atom stereocenters. The third-order valence-corrected chi connectivity index (χ3v) is 5.98. The molecule has 0 aromatic carbocycles. The Morgan fingerprint density at radius 2 is 2.03 bits per heavy atom. The smallest absolute Gasteiger partial charge is 0.246 e. The molecule has 0 aliphatic carbocycles. The maximum absolute atomic E-state index is 12.7. The van der Waals surface area contributed by atoms with E-state index >= 15 is 0 Å². The van der Waals surface area contributed by atoms with E-state index in [1.807, 2.05) is 55.3 Å². The second kappa shape index (κ2) is 9.34. The molecule has 1 aliphatic rings. The van der Waals surface area contributed by atoms with Crippen LogP contribution in [0.5, 0.6) is 0 Å². The highest BCUT2D eigenvalue weighted by molar-refractivity contribution is 7.09. The molecular formula is C23H26N6OS. The van der Waals surface area contributed by atoms with Gasteiger partial charge in [-0.3, -0.25) is 4.79 Å². The van der Waals surface area contributed by atoms with Gasteiger partial charge in [-0.1, -0.05) is 6.07 Å². The molecule has 1 saturated heterocycles. The van der Waals surface area contributed by atoms with Gasteiger partial charge in [0.05, 0.1) is 16.4 Å². The fraction of sp³-hybridized carbons (Fsp3) is 0.348. The summed E-state index contributed by atoms with van der Waals surface area (Å²) in [5.41, 5.74) is 2.73. The summed E-state index contributed by atoms with van der Waals surface area (Å²) in [5, 5.41) is 6.23. The highest BCUT2D eigenvalue weighted by atomic mass is 32.1. The van der Waals surface area contributed by atoms with Crippen molar-refractivity contribution < 1.29 is 4.79 Å². The predicted octanol–water partition coefficient (Wildman–Crippen LogP) is 4.42. The molecule has 1 N–H and O–H groups in total. The molecule has 1 atom stereocenters. The molecule has 1 fully saturated rings.